The molecule has 0 bridgehead atoms. The Balaban J connectivity index is 1.20. The Bertz CT molecular complexity index is 1590. The van der Waals surface area contributed by atoms with Crippen LogP contribution >= 0.6 is 0 Å². The number of likely N-dealkylation sites (tertiary alicyclic amines) is 2. The summed E-state index contributed by atoms with van der Waals surface area (Å²) < 4.78 is 7.28. The molecule has 2 aromatic carbocycles. The topological polar surface area (TPSA) is 84.2 Å². The van der Waals surface area contributed by atoms with Gasteiger partial charge in [-0.15, -0.1) is 0 Å². The van der Waals surface area contributed by atoms with Crippen LogP contribution in [0.1, 0.15) is 63.9 Å². The SMILES string of the molecule is O=C(c1ccc(C(=O)N2CCC(N3CCCCC3)CC2)cc1)c1c(OCc2ccccc2)nc2ccccn2c1=O. The summed E-state index contributed by atoms with van der Waals surface area (Å²) >= 11 is 0. The van der Waals surface area contributed by atoms with Crippen LogP contribution in [0.2, 0.25) is 0 Å². The van der Waals surface area contributed by atoms with Crippen molar-refractivity contribution < 1.29 is 14.3 Å². The van der Waals surface area contributed by atoms with Gasteiger partial charge in [0.15, 0.2) is 5.56 Å². The van der Waals surface area contributed by atoms with Crippen LogP contribution in [-0.2, 0) is 6.61 Å². The molecule has 0 unspecified atom stereocenters. The fraction of sp³-hybridized carbons (Fsp3) is 0.333. The number of fused-ring (bicyclic) bond motifs is 1. The quantitative estimate of drug-likeness (QED) is 0.313. The third-order valence-corrected chi connectivity index (χ3v) is 8.20. The van der Waals surface area contributed by atoms with Gasteiger partial charge in [-0.05, 0) is 68.6 Å². The molecule has 1 amide bonds. The van der Waals surface area contributed by atoms with Crippen LogP contribution < -0.4 is 10.3 Å². The number of ether oxygens (including phenoxy) is 1. The van der Waals surface area contributed by atoms with Gasteiger partial charge < -0.3 is 14.5 Å². The van der Waals surface area contributed by atoms with Gasteiger partial charge >= 0.3 is 0 Å². The molecule has 8 nitrogen and oxygen atoms in total. The van der Waals surface area contributed by atoms with Crippen LogP contribution in [0.25, 0.3) is 5.65 Å². The van der Waals surface area contributed by atoms with Crippen LogP contribution in [-0.4, -0.2) is 63.1 Å². The molecule has 4 heterocycles. The van der Waals surface area contributed by atoms with E-state index < -0.39 is 11.3 Å². The van der Waals surface area contributed by atoms with E-state index in [4.69, 9.17) is 4.74 Å². The average Bonchev–Trinajstić information content (AvgIpc) is 3.04. The lowest BCUT2D eigenvalue weighted by molar-refractivity contribution is 0.0589. The number of hydrogen-bond donors (Lipinski definition) is 0. The van der Waals surface area contributed by atoms with Crippen LogP contribution in [0.5, 0.6) is 5.88 Å². The van der Waals surface area contributed by atoms with Crippen molar-refractivity contribution in [1.82, 2.24) is 19.2 Å². The summed E-state index contributed by atoms with van der Waals surface area (Å²) in [6, 6.07) is 21.8. The highest BCUT2D eigenvalue weighted by molar-refractivity contribution is 6.10. The molecule has 0 spiro atoms. The first-order chi connectivity index (χ1) is 20.1. The highest BCUT2D eigenvalue weighted by atomic mass is 16.5. The maximum Gasteiger partial charge on any atom is 0.273 e. The van der Waals surface area contributed by atoms with Crippen molar-refractivity contribution in [2.75, 3.05) is 26.2 Å². The van der Waals surface area contributed by atoms with Gasteiger partial charge in [0, 0.05) is 36.5 Å². The summed E-state index contributed by atoms with van der Waals surface area (Å²) in [5.74, 6) is -0.530. The van der Waals surface area contributed by atoms with Crippen molar-refractivity contribution in [1.29, 1.82) is 0 Å². The molecule has 0 radical (unpaired) electrons. The van der Waals surface area contributed by atoms with Gasteiger partial charge in [0.05, 0.1) is 0 Å². The second-order valence-electron chi connectivity index (χ2n) is 10.8. The smallest absolute Gasteiger partial charge is 0.273 e. The lowest BCUT2D eigenvalue weighted by Crippen LogP contribution is -2.48. The fourth-order valence-corrected chi connectivity index (χ4v) is 5.90. The summed E-state index contributed by atoms with van der Waals surface area (Å²) in [4.78, 5) is 49.4. The summed E-state index contributed by atoms with van der Waals surface area (Å²) in [6.07, 6.45) is 7.43. The van der Waals surface area contributed by atoms with Crippen molar-refractivity contribution in [3.63, 3.8) is 0 Å². The number of pyridine rings is 1. The molecule has 8 heteroatoms. The minimum Gasteiger partial charge on any atom is -0.472 e. The summed E-state index contributed by atoms with van der Waals surface area (Å²) in [5.41, 5.74) is 1.48. The van der Waals surface area contributed by atoms with Crippen molar-refractivity contribution in [3.05, 3.63) is 112 Å². The van der Waals surface area contributed by atoms with Crippen molar-refractivity contribution >= 4 is 17.3 Å². The zero-order valence-electron chi connectivity index (χ0n) is 23.1. The molecule has 2 aliphatic heterocycles. The predicted octanol–water partition coefficient (Wildman–Crippen LogP) is 4.60. The Morgan fingerprint density at radius 2 is 1.49 bits per heavy atom. The third-order valence-electron chi connectivity index (χ3n) is 8.20. The third kappa shape index (κ3) is 5.79. The summed E-state index contributed by atoms with van der Waals surface area (Å²) in [6.45, 7) is 3.98. The van der Waals surface area contributed by atoms with Gasteiger partial charge in [0.1, 0.15) is 12.3 Å². The average molecular weight is 551 g/mol. The Labute approximate surface area is 239 Å². The van der Waals surface area contributed by atoms with Gasteiger partial charge in [-0.3, -0.25) is 18.8 Å². The molecule has 2 fully saturated rings. The molecular weight excluding hydrogens is 516 g/mol. The molecule has 0 aliphatic carbocycles. The summed E-state index contributed by atoms with van der Waals surface area (Å²) in [5, 5.41) is 0. The second-order valence-corrected chi connectivity index (χ2v) is 10.8. The lowest BCUT2D eigenvalue weighted by atomic mass is 9.99. The van der Waals surface area contributed by atoms with Crippen LogP contribution in [0.3, 0.4) is 0 Å². The van der Waals surface area contributed by atoms with E-state index in [1.165, 1.54) is 36.8 Å². The predicted molar refractivity (Wildman–Crippen MR) is 156 cm³/mol. The van der Waals surface area contributed by atoms with E-state index in [0.29, 0.717) is 22.8 Å². The summed E-state index contributed by atoms with van der Waals surface area (Å²) in [7, 11) is 0. The first kappa shape index (κ1) is 26.9. The van der Waals surface area contributed by atoms with Gasteiger partial charge in [-0.25, -0.2) is 0 Å². The molecule has 0 atom stereocenters. The monoisotopic (exact) mass is 550 g/mol. The van der Waals surface area contributed by atoms with Gasteiger partial charge in [-0.2, -0.15) is 4.98 Å². The highest BCUT2D eigenvalue weighted by Crippen LogP contribution is 2.23. The Kier molecular flexibility index (Phi) is 7.91. The van der Waals surface area contributed by atoms with E-state index >= 15 is 0 Å². The van der Waals surface area contributed by atoms with Gasteiger partial charge in [-0.1, -0.05) is 55.0 Å². The van der Waals surface area contributed by atoms with Crippen LogP contribution in [0.4, 0.5) is 0 Å². The van der Waals surface area contributed by atoms with E-state index in [2.05, 4.69) is 9.88 Å². The number of amides is 1. The Morgan fingerprint density at radius 1 is 0.805 bits per heavy atom. The molecule has 2 aliphatic rings. The van der Waals surface area contributed by atoms with Crippen molar-refractivity contribution in [2.45, 2.75) is 44.8 Å². The second kappa shape index (κ2) is 12.1. The molecular formula is C33H34N4O4. The van der Waals surface area contributed by atoms with E-state index in [9.17, 15) is 14.4 Å². The number of aromatic nitrogens is 2. The Hall–Kier alpha value is -4.30. The largest absolute Gasteiger partial charge is 0.472 e. The van der Waals surface area contributed by atoms with Gasteiger partial charge in [0.2, 0.25) is 11.7 Å². The van der Waals surface area contributed by atoms with Crippen LogP contribution in [0, 0.1) is 0 Å². The molecule has 2 saturated heterocycles. The minimum absolute atomic E-state index is 0.00761. The number of hydrogen-bond acceptors (Lipinski definition) is 6. The standard InChI is InChI=1S/C33H34N4O4/c38-30(29-31(41-23-24-9-3-1-4-10-24)34-28-11-5-8-20-37(28)33(29)40)25-12-14-26(15-13-25)32(39)36-21-16-27(17-22-36)35-18-6-2-7-19-35/h1,3-5,8-15,20,27H,2,6-7,16-19,21-23H2. The number of carbonyl (C=O) groups is 2. The molecule has 41 heavy (non-hydrogen) atoms. The number of carbonyl (C=O) groups excluding carboxylic acids is 2. The molecule has 6 rings (SSSR count). The molecule has 2 aromatic heterocycles. The zero-order chi connectivity index (χ0) is 28.2. The fourth-order valence-electron chi connectivity index (χ4n) is 5.90. The number of rotatable bonds is 7. The van der Waals surface area contributed by atoms with Crippen molar-refractivity contribution in [3.8, 4) is 5.88 Å². The number of piperidine rings is 2. The molecule has 0 N–H and O–H groups in total. The van der Waals surface area contributed by atoms with Gasteiger partial charge in [0.25, 0.3) is 11.5 Å². The van der Waals surface area contributed by atoms with E-state index in [-0.39, 0.29) is 24.0 Å². The number of benzene rings is 2. The maximum atomic E-state index is 13.7. The zero-order valence-corrected chi connectivity index (χ0v) is 23.1. The maximum absolute atomic E-state index is 13.7. The van der Waals surface area contributed by atoms with Crippen molar-refractivity contribution in [2.24, 2.45) is 0 Å². The minimum atomic E-state index is -0.500. The van der Waals surface area contributed by atoms with E-state index in [1.54, 1.807) is 48.7 Å². The Morgan fingerprint density at radius 3 is 2.22 bits per heavy atom. The highest BCUT2D eigenvalue weighted by Gasteiger charge is 2.28. The first-order valence-electron chi connectivity index (χ1n) is 14.4. The lowest BCUT2D eigenvalue weighted by Gasteiger charge is -2.40. The normalized spacial score (nSPS) is 16.5. The van der Waals surface area contributed by atoms with E-state index in [1.807, 2.05) is 35.2 Å². The van der Waals surface area contributed by atoms with Crippen LogP contribution in [0.15, 0.2) is 83.8 Å². The number of ketones is 1. The molecule has 210 valence electrons. The number of nitrogens with zero attached hydrogens (tertiary/aromatic N) is 4. The van der Waals surface area contributed by atoms with E-state index in [0.717, 1.165) is 31.5 Å². The molecule has 4 aromatic rings. The molecule has 0 saturated carbocycles. The first-order valence-corrected chi connectivity index (χ1v) is 14.4.